The van der Waals surface area contributed by atoms with Gasteiger partial charge in [0, 0.05) is 42.3 Å². The van der Waals surface area contributed by atoms with E-state index in [-0.39, 0.29) is 52.3 Å². The lowest BCUT2D eigenvalue weighted by Gasteiger charge is -2.44. The van der Waals surface area contributed by atoms with Gasteiger partial charge in [-0.05, 0) is 55.3 Å². The van der Waals surface area contributed by atoms with Crippen molar-refractivity contribution < 1.29 is 23.8 Å². The van der Waals surface area contributed by atoms with Crippen LogP contribution in [0.4, 0.5) is 4.39 Å². The van der Waals surface area contributed by atoms with Crippen LogP contribution in [-0.2, 0) is 21.7 Å². The molecule has 1 fully saturated rings. The molecule has 1 aliphatic heterocycles. The topological polar surface area (TPSA) is 96.1 Å². The highest BCUT2D eigenvalue weighted by atomic mass is 35.5. The van der Waals surface area contributed by atoms with E-state index in [0.717, 1.165) is 5.56 Å². The second-order valence-corrected chi connectivity index (χ2v) is 10.1. The molecule has 38 heavy (non-hydrogen) atoms. The highest BCUT2D eigenvalue weighted by molar-refractivity contribution is 6.30. The van der Waals surface area contributed by atoms with E-state index in [1.165, 1.54) is 24.3 Å². The fraction of sp³-hybridized carbons (Fsp3) is 0.310. The van der Waals surface area contributed by atoms with Crippen LogP contribution in [0.1, 0.15) is 30.5 Å². The summed E-state index contributed by atoms with van der Waals surface area (Å²) < 4.78 is 19.1. The maximum Gasteiger partial charge on any atom is 0.260 e. The fourth-order valence-corrected chi connectivity index (χ4v) is 5.01. The van der Waals surface area contributed by atoms with Gasteiger partial charge in [0.1, 0.15) is 11.6 Å². The molecular formula is C29H31ClFN3O4. The number of aliphatic hydroxyl groups is 1. The van der Waals surface area contributed by atoms with Crippen molar-refractivity contribution in [2.24, 2.45) is 5.73 Å². The van der Waals surface area contributed by atoms with E-state index in [0.29, 0.717) is 19.6 Å². The molecule has 0 saturated carbocycles. The number of primary amides is 1. The number of rotatable bonds is 8. The van der Waals surface area contributed by atoms with Crippen LogP contribution in [0, 0.1) is 5.82 Å². The van der Waals surface area contributed by atoms with Crippen LogP contribution in [0.3, 0.4) is 0 Å². The summed E-state index contributed by atoms with van der Waals surface area (Å²) in [4.78, 5) is 29.7. The number of nitrogens with two attached hydrogens (primary N) is 1. The lowest BCUT2D eigenvalue weighted by atomic mass is 9.85. The van der Waals surface area contributed by atoms with Crippen LogP contribution in [0.2, 0.25) is 5.02 Å². The normalized spacial score (nSPS) is 19.6. The molecule has 3 atom stereocenters. The Morgan fingerprint density at radius 3 is 2.39 bits per heavy atom. The van der Waals surface area contributed by atoms with E-state index >= 15 is 0 Å². The molecule has 0 spiro atoms. The molecule has 2 amide bonds. The van der Waals surface area contributed by atoms with Gasteiger partial charge in [0.15, 0.2) is 12.2 Å². The molecule has 1 saturated heterocycles. The first-order valence-corrected chi connectivity index (χ1v) is 12.8. The summed E-state index contributed by atoms with van der Waals surface area (Å²) in [6, 6.07) is 19.2. The number of hydrogen-bond acceptors (Lipinski definition) is 5. The van der Waals surface area contributed by atoms with Crippen molar-refractivity contribution in [1.82, 2.24) is 9.80 Å². The van der Waals surface area contributed by atoms with E-state index < -0.39 is 11.5 Å². The first-order chi connectivity index (χ1) is 18.1. The molecule has 3 unspecified atom stereocenters. The minimum absolute atomic E-state index is 0.0574. The predicted octanol–water partition coefficient (Wildman–Crippen LogP) is 3.70. The zero-order valence-corrected chi connectivity index (χ0v) is 22.1. The van der Waals surface area contributed by atoms with Crippen LogP contribution in [0.5, 0.6) is 5.75 Å². The van der Waals surface area contributed by atoms with Gasteiger partial charge in [0.05, 0.1) is 0 Å². The molecule has 0 bridgehead atoms. The van der Waals surface area contributed by atoms with Crippen molar-refractivity contribution >= 4 is 23.4 Å². The Labute approximate surface area is 226 Å². The molecule has 7 nitrogen and oxygen atoms in total. The van der Waals surface area contributed by atoms with Crippen LogP contribution < -0.4 is 10.5 Å². The van der Waals surface area contributed by atoms with Crippen molar-refractivity contribution in [2.75, 3.05) is 19.7 Å². The van der Waals surface area contributed by atoms with Crippen molar-refractivity contribution in [3.63, 3.8) is 0 Å². The lowest BCUT2D eigenvalue weighted by Crippen LogP contribution is -2.58. The van der Waals surface area contributed by atoms with Gasteiger partial charge in [-0.25, -0.2) is 4.39 Å². The number of hydrogen-bond donors (Lipinski definition) is 2. The number of amides is 2. The van der Waals surface area contributed by atoms with Crippen molar-refractivity contribution in [1.29, 1.82) is 0 Å². The maximum absolute atomic E-state index is 13.3. The summed E-state index contributed by atoms with van der Waals surface area (Å²) in [6.45, 7) is 5.51. The molecule has 0 radical (unpaired) electrons. The number of benzene rings is 3. The number of nitrogens with zero attached hydrogens (tertiary/aromatic N) is 2. The first-order valence-electron chi connectivity index (χ1n) is 12.4. The van der Waals surface area contributed by atoms with Gasteiger partial charge in [0.25, 0.3) is 11.8 Å². The van der Waals surface area contributed by atoms with Crippen LogP contribution >= 0.6 is 11.6 Å². The number of ether oxygens (including phenoxy) is 1. The van der Waals surface area contributed by atoms with Crippen molar-refractivity contribution in [2.45, 2.75) is 38.1 Å². The average Bonchev–Trinajstić information content (AvgIpc) is 2.90. The second-order valence-electron chi connectivity index (χ2n) is 9.67. The Kier molecular flexibility index (Phi) is 8.35. The molecule has 0 aliphatic carbocycles. The lowest BCUT2D eigenvalue weighted by molar-refractivity contribution is -0.139. The molecule has 0 aromatic heterocycles. The highest BCUT2D eigenvalue weighted by Gasteiger charge is 2.41. The van der Waals surface area contributed by atoms with E-state index in [9.17, 15) is 19.1 Å². The van der Waals surface area contributed by atoms with Crippen LogP contribution in [0.15, 0.2) is 72.8 Å². The number of carbonyl (C=O) groups is 2. The summed E-state index contributed by atoms with van der Waals surface area (Å²) in [5, 5.41) is 11.7. The average molecular weight is 540 g/mol. The molecule has 1 aliphatic rings. The van der Waals surface area contributed by atoms with Gasteiger partial charge in [0.2, 0.25) is 0 Å². The summed E-state index contributed by atoms with van der Waals surface area (Å²) in [7, 11) is 0. The zero-order valence-electron chi connectivity index (χ0n) is 21.3. The third kappa shape index (κ3) is 5.83. The van der Waals surface area contributed by atoms with Crippen LogP contribution in [0.25, 0.3) is 0 Å². The van der Waals surface area contributed by atoms with E-state index in [1.54, 1.807) is 53.4 Å². The van der Waals surface area contributed by atoms with Gasteiger partial charge < -0.3 is 20.5 Å². The Bertz CT molecular complexity index is 1290. The monoisotopic (exact) mass is 539 g/mol. The largest absolute Gasteiger partial charge is 0.483 e. The van der Waals surface area contributed by atoms with Gasteiger partial charge in [-0.1, -0.05) is 54.1 Å². The molecule has 3 aromatic rings. The second kappa shape index (κ2) is 11.5. The van der Waals surface area contributed by atoms with E-state index in [1.807, 2.05) is 13.8 Å². The smallest absolute Gasteiger partial charge is 0.260 e. The quantitative estimate of drug-likeness (QED) is 0.455. The minimum Gasteiger partial charge on any atom is -0.483 e. The maximum atomic E-state index is 13.3. The standard InChI is InChI=1S/C29H31ClFN3O4/c1-19-16-34(20(2)15-33(19)17-21-8-11-24(31)12-9-21)27(35)18-38-26-13-10-23(30)14-25(26)29(37,28(32)36)22-6-4-3-5-7-22/h3-14,19-20,37H,15-18H2,1-2H3,(H2,32,36). The number of carbonyl (C=O) groups excluding carboxylic acids is 2. The molecule has 3 aromatic carbocycles. The number of halogens is 2. The van der Waals surface area contributed by atoms with Gasteiger partial charge in [-0.15, -0.1) is 0 Å². The van der Waals surface area contributed by atoms with Gasteiger partial charge in [-0.3, -0.25) is 14.5 Å². The first kappa shape index (κ1) is 27.6. The van der Waals surface area contributed by atoms with Gasteiger partial charge >= 0.3 is 0 Å². The Balaban J connectivity index is 1.48. The molecular weight excluding hydrogens is 509 g/mol. The molecule has 4 rings (SSSR count). The summed E-state index contributed by atoms with van der Waals surface area (Å²) in [5.41, 5.74) is 4.76. The summed E-state index contributed by atoms with van der Waals surface area (Å²) in [5.74, 6) is -1.37. The summed E-state index contributed by atoms with van der Waals surface area (Å²) >= 11 is 6.20. The minimum atomic E-state index is -2.21. The van der Waals surface area contributed by atoms with E-state index in [2.05, 4.69) is 4.90 Å². The third-order valence-electron chi connectivity index (χ3n) is 6.97. The Morgan fingerprint density at radius 1 is 1.05 bits per heavy atom. The Hall–Kier alpha value is -3.46. The van der Waals surface area contributed by atoms with Crippen molar-refractivity contribution in [3.8, 4) is 5.75 Å². The number of piperazine rings is 1. The predicted molar refractivity (Wildman–Crippen MR) is 143 cm³/mol. The molecule has 1 heterocycles. The fourth-order valence-electron chi connectivity index (χ4n) is 4.83. The van der Waals surface area contributed by atoms with E-state index in [4.69, 9.17) is 22.1 Å². The van der Waals surface area contributed by atoms with Gasteiger partial charge in [-0.2, -0.15) is 0 Å². The summed E-state index contributed by atoms with van der Waals surface area (Å²) in [6.07, 6.45) is 0. The SMILES string of the molecule is CC1CN(C(=O)COc2ccc(Cl)cc2C(O)(C(N)=O)c2ccccc2)C(C)CN1Cc1ccc(F)cc1. The molecule has 200 valence electrons. The van der Waals surface area contributed by atoms with Crippen molar-refractivity contribution in [3.05, 3.63) is 100 Å². The highest BCUT2D eigenvalue weighted by Crippen LogP contribution is 2.37. The third-order valence-corrected chi connectivity index (χ3v) is 7.20. The Morgan fingerprint density at radius 2 is 1.74 bits per heavy atom. The molecule has 9 heteroatoms. The molecule has 3 N–H and O–H groups in total. The van der Waals surface area contributed by atoms with Crippen LogP contribution in [-0.4, -0.2) is 58.5 Å². The zero-order chi connectivity index (χ0) is 27.4.